The summed E-state index contributed by atoms with van der Waals surface area (Å²) >= 11 is 0. The Morgan fingerprint density at radius 3 is 2.85 bits per heavy atom. The lowest BCUT2D eigenvalue weighted by Gasteiger charge is -2.15. The van der Waals surface area contributed by atoms with Crippen molar-refractivity contribution in [3.8, 4) is 11.3 Å². The van der Waals surface area contributed by atoms with Crippen LogP contribution in [0.3, 0.4) is 0 Å². The van der Waals surface area contributed by atoms with E-state index in [2.05, 4.69) is 22.4 Å². The van der Waals surface area contributed by atoms with Crippen LogP contribution in [-0.2, 0) is 14.5 Å². The van der Waals surface area contributed by atoms with Crippen LogP contribution >= 0.6 is 0 Å². The minimum atomic E-state index is -3.92. The molecular formula is C24H23N5O4S. The molecule has 0 aliphatic heterocycles. The molecule has 3 aromatic heterocycles. The standard InChI is InChI=1S/C24H23N5O4S/c25-34(30,31)32-14-15-8-9-16(12-15)27-22-10-11-26-23-13-20(28-29(22)23)19-6-3-5-18-17-4-1-2-7-21(17)33-24(18)19/h1-7,10-11,13,15-16,27H,8-9,12,14H2,(H2,25,30,31). The Labute approximate surface area is 195 Å². The highest BCUT2D eigenvalue weighted by Gasteiger charge is 2.26. The molecule has 0 bridgehead atoms. The molecule has 3 N–H and O–H groups in total. The van der Waals surface area contributed by atoms with Gasteiger partial charge in [0.2, 0.25) is 0 Å². The highest BCUT2D eigenvalue weighted by Crippen LogP contribution is 2.36. The monoisotopic (exact) mass is 477 g/mol. The molecule has 2 unspecified atom stereocenters. The van der Waals surface area contributed by atoms with E-state index in [0.29, 0.717) is 0 Å². The SMILES string of the molecule is NS(=O)(=O)OCC1CCC(Nc2ccnc3cc(-c4cccc5c4oc4ccccc45)nn23)C1. The summed E-state index contributed by atoms with van der Waals surface area (Å²) in [6, 6.07) is 18.1. The van der Waals surface area contributed by atoms with Gasteiger partial charge < -0.3 is 9.73 Å². The molecule has 1 saturated carbocycles. The van der Waals surface area contributed by atoms with Gasteiger partial charge in [0.1, 0.15) is 17.0 Å². The first kappa shape index (κ1) is 21.1. The number of para-hydroxylation sites is 2. The van der Waals surface area contributed by atoms with Gasteiger partial charge in [-0.1, -0.05) is 30.3 Å². The molecule has 0 saturated heterocycles. The van der Waals surface area contributed by atoms with Crippen LogP contribution in [0.15, 0.2) is 65.2 Å². The lowest BCUT2D eigenvalue weighted by atomic mass is 10.1. The van der Waals surface area contributed by atoms with Gasteiger partial charge in [-0.05, 0) is 43.4 Å². The number of nitrogens with zero attached hydrogens (tertiary/aromatic N) is 3. The average Bonchev–Trinajstić information content (AvgIpc) is 3.54. The van der Waals surface area contributed by atoms with E-state index >= 15 is 0 Å². The Balaban J connectivity index is 1.30. The number of furan rings is 1. The summed E-state index contributed by atoms with van der Waals surface area (Å²) in [7, 11) is -3.92. The average molecular weight is 478 g/mol. The van der Waals surface area contributed by atoms with Gasteiger partial charge in [0.25, 0.3) is 0 Å². The van der Waals surface area contributed by atoms with Gasteiger partial charge in [-0.3, -0.25) is 4.18 Å². The molecule has 9 nitrogen and oxygen atoms in total. The van der Waals surface area contributed by atoms with E-state index in [1.165, 1.54) is 0 Å². The number of hydrogen-bond acceptors (Lipinski definition) is 7. The minimum Gasteiger partial charge on any atom is -0.455 e. The Kier molecular flexibility index (Phi) is 5.01. The molecule has 5 aromatic rings. The van der Waals surface area contributed by atoms with Crippen molar-refractivity contribution in [1.29, 1.82) is 0 Å². The number of hydrogen-bond donors (Lipinski definition) is 2. The van der Waals surface area contributed by atoms with E-state index in [9.17, 15) is 8.42 Å². The molecule has 2 aromatic carbocycles. The molecule has 0 amide bonds. The maximum absolute atomic E-state index is 11.1. The van der Waals surface area contributed by atoms with Gasteiger partial charge >= 0.3 is 10.3 Å². The summed E-state index contributed by atoms with van der Waals surface area (Å²) in [6.45, 7) is 0.107. The van der Waals surface area contributed by atoms with E-state index in [-0.39, 0.29) is 18.6 Å². The summed E-state index contributed by atoms with van der Waals surface area (Å²) in [5.74, 6) is 0.957. The highest BCUT2D eigenvalue weighted by molar-refractivity contribution is 7.84. The molecule has 0 radical (unpaired) electrons. The van der Waals surface area contributed by atoms with Crippen molar-refractivity contribution in [3.63, 3.8) is 0 Å². The molecule has 1 aliphatic rings. The number of rotatable bonds is 6. The zero-order valence-electron chi connectivity index (χ0n) is 18.2. The Bertz CT molecular complexity index is 1620. The number of fused-ring (bicyclic) bond motifs is 4. The molecule has 1 aliphatic carbocycles. The third kappa shape index (κ3) is 3.89. The van der Waals surface area contributed by atoms with Crippen molar-refractivity contribution in [3.05, 3.63) is 60.8 Å². The molecule has 1 fully saturated rings. The van der Waals surface area contributed by atoms with Gasteiger partial charge in [0.15, 0.2) is 5.65 Å². The Hall–Kier alpha value is -3.47. The topological polar surface area (TPSA) is 125 Å². The second-order valence-electron chi connectivity index (χ2n) is 8.71. The number of aromatic nitrogens is 3. The fourth-order valence-electron chi connectivity index (χ4n) is 4.84. The van der Waals surface area contributed by atoms with Gasteiger partial charge in [0.05, 0.1) is 12.3 Å². The predicted octanol–water partition coefficient (Wildman–Crippen LogP) is 4.10. The van der Waals surface area contributed by atoms with E-state index in [1.54, 1.807) is 10.7 Å². The van der Waals surface area contributed by atoms with Crippen molar-refractivity contribution in [1.82, 2.24) is 14.6 Å². The molecule has 3 heterocycles. The van der Waals surface area contributed by atoms with Crippen LogP contribution in [0, 0.1) is 5.92 Å². The first-order valence-electron chi connectivity index (χ1n) is 11.1. The van der Waals surface area contributed by atoms with E-state index in [4.69, 9.17) is 18.8 Å². The second kappa shape index (κ2) is 8.08. The van der Waals surface area contributed by atoms with Gasteiger partial charge in [-0.25, -0.2) is 10.1 Å². The van der Waals surface area contributed by atoms with Gasteiger partial charge in [-0.2, -0.15) is 18.0 Å². The van der Waals surface area contributed by atoms with E-state index < -0.39 is 10.3 Å². The molecule has 174 valence electrons. The largest absolute Gasteiger partial charge is 0.455 e. The number of benzene rings is 2. The van der Waals surface area contributed by atoms with Crippen molar-refractivity contribution in [2.45, 2.75) is 25.3 Å². The molecule has 34 heavy (non-hydrogen) atoms. The molecule has 10 heteroatoms. The van der Waals surface area contributed by atoms with Crippen LogP contribution in [0.1, 0.15) is 19.3 Å². The molecule has 0 spiro atoms. The zero-order valence-corrected chi connectivity index (χ0v) is 19.0. The predicted molar refractivity (Wildman–Crippen MR) is 130 cm³/mol. The number of nitrogens with one attached hydrogen (secondary N) is 1. The van der Waals surface area contributed by atoms with Crippen molar-refractivity contribution >= 4 is 43.7 Å². The number of nitrogens with two attached hydrogens (primary N) is 1. The molecule has 6 rings (SSSR count). The molecular weight excluding hydrogens is 454 g/mol. The van der Waals surface area contributed by atoms with Crippen molar-refractivity contribution in [2.75, 3.05) is 11.9 Å². The Morgan fingerprint density at radius 1 is 1.12 bits per heavy atom. The molecule has 2 atom stereocenters. The first-order chi connectivity index (χ1) is 16.4. The van der Waals surface area contributed by atoms with Crippen molar-refractivity contribution in [2.24, 2.45) is 11.1 Å². The van der Waals surface area contributed by atoms with Crippen LogP contribution < -0.4 is 10.5 Å². The fourth-order valence-corrected chi connectivity index (χ4v) is 5.22. The van der Waals surface area contributed by atoms with Gasteiger partial charge in [0, 0.05) is 34.6 Å². The van der Waals surface area contributed by atoms with E-state index in [1.807, 2.05) is 42.5 Å². The summed E-state index contributed by atoms with van der Waals surface area (Å²) in [6.07, 6.45) is 4.29. The van der Waals surface area contributed by atoms with E-state index in [0.717, 1.165) is 63.9 Å². The normalized spacial score (nSPS) is 18.9. The van der Waals surface area contributed by atoms with Gasteiger partial charge in [-0.15, -0.1) is 0 Å². The van der Waals surface area contributed by atoms with Crippen LogP contribution in [0.2, 0.25) is 0 Å². The van der Waals surface area contributed by atoms with Crippen LogP contribution in [0.25, 0.3) is 38.8 Å². The van der Waals surface area contributed by atoms with Crippen LogP contribution in [-0.4, -0.2) is 35.7 Å². The summed E-state index contributed by atoms with van der Waals surface area (Å²) in [5.41, 5.74) is 4.05. The third-order valence-corrected chi connectivity index (χ3v) is 6.86. The zero-order chi connectivity index (χ0) is 23.3. The first-order valence-corrected chi connectivity index (χ1v) is 12.6. The third-order valence-electron chi connectivity index (χ3n) is 6.40. The second-order valence-corrected chi connectivity index (χ2v) is 9.93. The summed E-state index contributed by atoms with van der Waals surface area (Å²) < 4.78 is 34.9. The summed E-state index contributed by atoms with van der Waals surface area (Å²) in [5, 5.41) is 15.5. The summed E-state index contributed by atoms with van der Waals surface area (Å²) in [4.78, 5) is 4.49. The fraction of sp³-hybridized carbons (Fsp3) is 0.250. The quantitative estimate of drug-likeness (QED) is 0.377. The van der Waals surface area contributed by atoms with Crippen LogP contribution in [0.5, 0.6) is 0 Å². The smallest absolute Gasteiger partial charge is 0.333 e. The highest BCUT2D eigenvalue weighted by atomic mass is 32.2. The maximum atomic E-state index is 11.1. The van der Waals surface area contributed by atoms with Crippen LogP contribution in [0.4, 0.5) is 5.82 Å². The maximum Gasteiger partial charge on any atom is 0.333 e. The minimum absolute atomic E-state index is 0.107. The Morgan fingerprint density at radius 2 is 1.97 bits per heavy atom. The lowest BCUT2D eigenvalue weighted by Crippen LogP contribution is -2.21. The number of anilines is 1. The van der Waals surface area contributed by atoms with Crippen molar-refractivity contribution < 1.29 is 17.0 Å². The lowest BCUT2D eigenvalue weighted by molar-refractivity contribution is 0.256.